The molecule has 0 spiro atoms. The molecular weight excluding hydrogens is 274 g/mol. The lowest BCUT2D eigenvalue weighted by Gasteiger charge is -2.26. The molecule has 1 aromatic rings. The second-order valence-electron chi connectivity index (χ2n) is 5.26. The molecule has 20 heavy (non-hydrogen) atoms. The fourth-order valence-electron chi connectivity index (χ4n) is 2.60. The van der Waals surface area contributed by atoms with Crippen LogP contribution in [0.4, 0.5) is 0 Å². The van der Waals surface area contributed by atoms with Crippen LogP contribution in [0.15, 0.2) is 18.2 Å². The summed E-state index contributed by atoms with van der Waals surface area (Å²) < 4.78 is 28.2. The van der Waals surface area contributed by atoms with Crippen LogP contribution in [-0.4, -0.2) is 39.6 Å². The first-order chi connectivity index (χ1) is 9.54. The number of nitrogens with one attached hydrogen (secondary N) is 1. The molecule has 0 amide bonds. The standard InChI is InChI=1S/C15H23NO3S/c1-3-20(17,18)9-8-16-14-6-4-12-5-7-15(19-2)11-13(12)10-14/h5,7,11,14,16H,3-4,6,8-10H2,1-2H3. The maximum atomic E-state index is 11.5. The maximum Gasteiger partial charge on any atom is 0.151 e. The van der Waals surface area contributed by atoms with E-state index in [0.717, 1.165) is 25.0 Å². The normalized spacial score (nSPS) is 18.6. The van der Waals surface area contributed by atoms with E-state index in [1.807, 2.05) is 6.07 Å². The Bertz CT molecular complexity index is 554. The molecule has 1 aliphatic rings. The van der Waals surface area contributed by atoms with Crippen LogP contribution in [0.2, 0.25) is 0 Å². The average molecular weight is 297 g/mol. The predicted octanol–water partition coefficient (Wildman–Crippen LogP) is 1.58. The molecule has 4 nitrogen and oxygen atoms in total. The third kappa shape index (κ3) is 3.96. The van der Waals surface area contributed by atoms with Crippen molar-refractivity contribution in [3.8, 4) is 5.75 Å². The first-order valence-corrected chi connectivity index (χ1v) is 8.96. The second-order valence-corrected chi connectivity index (χ2v) is 7.74. The van der Waals surface area contributed by atoms with Crippen LogP contribution >= 0.6 is 0 Å². The Hall–Kier alpha value is -1.07. The summed E-state index contributed by atoms with van der Waals surface area (Å²) >= 11 is 0. The van der Waals surface area contributed by atoms with E-state index in [4.69, 9.17) is 4.74 Å². The van der Waals surface area contributed by atoms with Gasteiger partial charge in [0, 0.05) is 18.3 Å². The fraction of sp³-hybridized carbons (Fsp3) is 0.600. The molecule has 1 unspecified atom stereocenters. The van der Waals surface area contributed by atoms with E-state index < -0.39 is 9.84 Å². The molecule has 0 aromatic heterocycles. The third-order valence-electron chi connectivity index (χ3n) is 3.93. The van der Waals surface area contributed by atoms with Crippen molar-refractivity contribution in [2.24, 2.45) is 0 Å². The van der Waals surface area contributed by atoms with Gasteiger partial charge in [-0.05, 0) is 42.5 Å². The zero-order chi connectivity index (χ0) is 14.6. The van der Waals surface area contributed by atoms with E-state index in [1.165, 1.54) is 11.1 Å². The second kappa shape index (κ2) is 6.59. The number of benzene rings is 1. The monoisotopic (exact) mass is 297 g/mol. The van der Waals surface area contributed by atoms with Gasteiger partial charge in [-0.1, -0.05) is 13.0 Å². The zero-order valence-electron chi connectivity index (χ0n) is 12.2. The summed E-state index contributed by atoms with van der Waals surface area (Å²) in [6, 6.07) is 6.58. The van der Waals surface area contributed by atoms with Crippen molar-refractivity contribution >= 4 is 9.84 Å². The van der Waals surface area contributed by atoms with Gasteiger partial charge in [-0.2, -0.15) is 0 Å². The van der Waals surface area contributed by atoms with Crippen LogP contribution in [0.5, 0.6) is 5.75 Å². The molecule has 112 valence electrons. The van der Waals surface area contributed by atoms with E-state index in [2.05, 4.69) is 17.4 Å². The number of ether oxygens (including phenoxy) is 1. The molecule has 1 atom stereocenters. The van der Waals surface area contributed by atoms with Gasteiger partial charge >= 0.3 is 0 Å². The van der Waals surface area contributed by atoms with E-state index >= 15 is 0 Å². The van der Waals surface area contributed by atoms with E-state index in [9.17, 15) is 8.42 Å². The minimum Gasteiger partial charge on any atom is -0.497 e. The van der Waals surface area contributed by atoms with Crippen LogP contribution in [0.25, 0.3) is 0 Å². The SMILES string of the molecule is CCS(=O)(=O)CCNC1CCc2ccc(OC)cc2C1. The van der Waals surface area contributed by atoms with Crippen LogP contribution in [0, 0.1) is 0 Å². The van der Waals surface area contributed by atoms with Crippen LogP contribution < -0.4 is 10.1 Å². The van der Waals surface area contributed by atoms with Crippen molar-refractivity contribution in [3.63, 3.8) is 0 Å². The number of fused-ring (bicyclic) bond motifs is 1. The van der Waals surface area contributed by atoms with Gasteiger partial charge in [0.05, 0.1) is 12.9 Å². The average Bonchev–Trinajstić information content (AvgIpc) is 2.46. The molecule has 2 rings (SSSR count). The van der Waals surface area contributed by atoms with Gasteiger partial charge in [0.25, 0.3) is 0 Å². The first kappa shape index (κ1) is 15.3. The lowest BCUT2D eigenvalue weighted by molar-refractivity contribution is 0.411. The van der Waals surface area contributed by atoms with Crippen LogP contribution in [0.1, 0.15) is 24.5 Å². The van der Waals surface area contributed by atoms with Crippen LogP contribution in [0.3, 0.4) is 0 Å². The van der Waals surface area contributed by atoms with Crippen molar-refractivity contribution in [3.05, 3.63) is 29.3 Å². The summed E-state index contributed by atoms with van der Waals surface area (Å²) in [5.41, 5.74) is 2.69. The molecule has 0 saturated carbocycles. The predicted molar refractivity (Wildman–Crippen MR) is 81.1 cm³/mol. The zero-order valence-corrected chi connectivity index (χ0v) is 13.0. The minimum absolute atomic E-state index is 0.222. The molecule has 5 heteroatoms. The Morgan fingerprint density at radius 2 is 2.15 bits per heavy atom. The number of hydrogen-bond acceptors (Lipinski definition) is 4. The van der Waals surface area contributed by atoms with Crippen molar-refractivity contribution in [2.45, 2.75) is 32.2 Å². The van der Waals surface area contributed by atoms with Crippen LogP contribution in [-0.2, 0) is 22.7 Å². The molecule has 0 bridgehead atoms. The fourth-order valence-corrected chi connectivity index (χ4v) is 3.32. The highest BCUT2D eigenvalue weighted by molar-refractivity contribution is 7.91. The van der Waals surface area contributed by atoms with Gasteiger partial charge in [-0.3, -0.25) is 0 Å². The van der Waals surface area contributed by atoms with Gasteiger partial charge in [0.1, 0.15) is 5.75 Å². The van der Waals surface area contributed by atoms with Gasteiger partial charge in [0.15, 0.2) is 9.84 Å². The Morgan fingerprint density at radius 3 is 2.85 bits per heavy atom. The largest absolute Gasteiger partial charge is 0.497 e. The summed E-state index contributed by atoms with van der Waals surface area (Å²) in [7, 11) is -1.20. The van der Waals surface area contributed by atoms with Gasteiger partial charge < -0.3 is 10.1 Å². The quantitative estimate of drug-likeness (QED) is 0.866. The lowest BCUT2D eigenvalue weighted by Crippen LogP contribution is -2.37. The molecule has 1 aromatic carbocycles. The topological polar surface area (TPSA) is 55.4 Å². The summed E-state index contributed by atoms with van der Waals surface area (Å²) in [6.07, 6.45) is 3.04. The number of aryl methyl sites for hydroxylation is 1. The molecule has 1 N–H and O–H groups in total. The van der Waals surface area contributed by atoms with Crippen molar-refractivity contribution in [1.29, 1.82) is 0 Å². The highest BCUT2D eigenvalue weighted by Gasteiger charge is 2.19. The molecule has 1 aliphatic carbocycles. The molecule has 0 saturated heterocycles. The lowest BCUT2D eigenvalue weighted by atomic mass is 9.88. The van der Waals surface area contributed by atoms with Gasteiger partial charge in [-0.15, -0.1) is 0 Å². The number of rotatable bonds is 6. The Morgan fingerprint density at radius 1 is 1.35 bits per heavy atom. The summed E-state index contributed by atoms with van der Waals surface area (Å²) in [5.74, 6) is 1.34. The first-order valence-electron chi connectivity index (χ1n) is 7.13. The summed E-state index contributed by atoms with van der Waals surface area (Å²) in [5, 5.41) is 3.37. The van der Waals surface area contributed by atoms with Crippen molar-refractivity contribution < 1.29 is 13.2 Å². The summed E-state index contributed by atoms with van der Waals surface area (Å²) in [6.45, 7) is 2.23. The molecule has 0 aliphatic heterocycles. The molecule has 0 fully saturated rings. The van der Waals surface area contributed by atoms with E-state index in [-0.39, 0.29) is 11.5 Å². The van der Waals surface area contributed by atoms with E-state index in [1.54, 1.807) is 14.0 Å². The van der Waals surface area contributed by atoms with Gasteiger partial charge in [-0.25, -0.2) is 8.42 Å². The summed E-state index contributed by atoms with van der Waals surface area (Å²) in [4.78, 5) is 0. The highest BCUT2D eigenvalue weighted by Crippen LogP contribution is 2.25. The number of hydrogen-bond donors (Lipinski definition) is 1. The Labute approximate surface area is 121 Å². The van der Waals surface area contributed by atoms with Crippen molar-refractivity contribution in [1.82, 2.24) is 5.32 Å². The number of methoxy groups -OCH3 is 1. The Kier molecular flexibility index (Phi) is 5.05. The van der Waals surface area contributed by atoms with Crippen molar-refractivity contribution in [2.75, 3.05) is 25.2 Å². The number of sulfone groups is 1. The minimum atomic E-state index is -2.87. The highest BCUT2D eigenvalue weighted by atomic mass is 32.2. The molecule has 0 heterocycles. The van der Waals surface area contributed by atoms with E-state index in [0.29, 0.717) is 12.6 Å². The Balaban J connectivity index is 1.90. The molecular formula is C15H23NO3S. The van der Waals surface area contributed by atoms with Gasteiger partial charge in [0.2, 0.25) is 0 Å². The third-order valence-corrected chi connectivity index (χ3v) is 5.63. The molecule has 0 radical (unpaired) electrons. The maximum absolute atomic E-state index is 11.5. The smallest absolute Gasteiger partial charge is 0.151 e.